The third-order valence-electron chi connectivity index (χ3n) is 6.52. The highest BCUT2D eigenvalue weighted by molar-refractivity contribution is 7.11. The number of nitrogens with one attached hydrogen (secondary N) is 1. The molecule has 4 heterocycles. The van der Waals surface area contributed by atoms with Crippen molar-refractivity contribution in [2.75, 3.05) is 46.9 Å². The third kappa shape index (κ3) is 5.48. The van der Waals surface area contributed by atoms with Crippen LogP contribution in [0.1, 0.15) is 29.5 Å². The fourth-order valence-corrected chi connectivity index (χ4v) is 5.75. The number of hydrogen-bond acceptors (Lipinski definition) is 7. The Balaban J connectivity index is 1.38. The zero-order valence-corrected chi connectivity index (χ0v) is 20.0. The second-order valence-electron chi connectivity index (χ2n) is 9.26. The van der Waals surface area contributed by atoms with Gasteiger partial charge in [0.25, 0.3) is 5.91 Å². The number of aryl methyl sites for hydroxylation is 1. The van der Waals surface area contributed by atoms with Crippen LogP contribution in [-0.2, 0) is 16.1 Å². The van der Waals surface area contributed by atoms with E-state index in [1.165, 1.54) is 9.75 Å². The molecule has 0 radical (unpaired) electrons. The lowest BCUT2D eigenvalue weighted by Crippen LogP contribution is -2.47. The van der Waals surface area contributed by atoms with Gasteiger partial charge in [-0.15, -0.1) is 11.3 Å². The lowest BCUT2D eigenvalue weighted by atomic mass is 9.96. The third-order valence-corrected chi connectivity index (χ3v) is 7.51. The Hall–Kier alpha value is -1.90. The van der Waals surface area contributed by atoms with Gasteiger partial charge < -0.3 is 15.0 Å². The summed E-state index contributed by atoms with van der Waals surface area (Å²) in [5.41, 5.74) is 0.592. The Labute approximate surface area is 189 Å². The molecular formula is C23H35N5O2S. The first-order chi connectivity index (χ1) is 14.9. The summed E-state index contributed by atoms with van der Waals surface area (Å²) in [4.78, 5) is 20.3. The molecule has 0 spiro atoms. The zero-order valence-electron chi connectivity index (χ0n) is 19.1. The normalized spacial score (nSPS) is 27.0. The van der Waals surface area contributed by atoms with E-state index in [1.54, 1.807) is 5.01 Å². The predicted molar refractivity (Wildman–Crippen MR) is 125 cm³/mol. The molecule has 2 atom stereocenters. The highest BCUT2D eigenvalue weighted by Gasteiger charge is 2.37. The molecule has 170 valence electrons. The summed E-state index contributed by atoms with van der Waals surface area (Å²) in [5.74, 6) is 2.05. The lowest BCUT2D eigenvalue weighted by Gasteiger charge is -2.30. The highest BCUT2D eigenvalue weighted by atomic mass is 32.1. The van der Waals surface area contributed by atoms with E-state index in [0.29, 0.717) is 17.5 Å². The number of amides is 1. The van der Waals surface area contributed by atoms with Crippen molar-refractivity contribution >= 4 is 23.1 Å². The lowest BCUT2D eigenvalue weighted by molar-refractivity contribution is -0.118. The minimum atomic E-state index is -0.0640. The zero-order chi connectivity index (χ0) is 22.0. The maximum absolute atomic E-state index is 12.9. The molecule has 1 N–H and O–H groups in total. The number of carbonyl (C=O) groups excluding carboxylic acids is 1. The minimum Gasteiger partial charge on any atom is -0.381 e. The van der Waals surface area contributed by atoms with Gasteiger partial charge in [-0.25, -0.2) is 0 Å². The van der Waals surface area contributed by atoms with Gasteiger partial charge >= 0.3 is 0 Å². The van der Waals surface area contributed by atoms with E-state index in [4.69, 9.17) is 9.84 Å². The van der Waals surface area contributed by atoms with Crippen molar-refractivity contribution in [1.82, 2.24) is 20.1 Å². The van der Waals surface area contributed by atoms with E-state index < -0.39 is 0 Å². The summed E-state index contributed by atoms with van der Waals surface area (Å²) in [6.07, 6.45) is 4.09. The van der Waals surface area contributed by atoms with Gasteiger partial charge in [0.05, 0.1) is 0 Å². The Morgan fingerprint density at radius 3 is 2.77 bits per heavy atom. The standard InChI is InChI=1S/C23H35N5O2S/c1-16-11-28(13-19-6-5-17(2)31-19)14-20(16)22-24-23(29)21(27(4)25-22)15-26(3)12-18-7-9-30-10-8-18/h5-6,15-16,18,20H,7-14H2,1-4H3,(H,24,25,29)/b21-15-. The molecule has 3 aliphatic heterocycles. The number of nitrogens with zero attached hydrogens (tertiary/aromatic N) is 4. The molecular weight excluding hydrogens is 410 g/mol. The number of hydrogen-bond donors (Lipinski definition) is 1. The van der Waals surface area contributed by atoms with Crippen molar-refractivity contribution < 1.29 is 9.53 Å². The van der Waals surface area contributed by atoms with Crippen LogP contribution in [0.25, 0.3) is 0 Å². The first-order valence-corrected chi connectivity index (χ1v) is 12.1. The summed E-state index contributed by atoms with van der Waals surface area (Å²) < 4.78 is 5.45. The number of likely N-dealkylation sites (N-methyl/N-ethyl adjacent to an activating group) is 1. The largest absolute Gasteiger partial charge is 0.381 e. The molecule has 3 aliphatic rings. The topological polar surface area (TPSA) is 60.4 Å². The Bertz CT molecular complexity index is 845. The van der Waals surface area contributed by atoms with Crippen LogP contribution in [-0.4, -0.2) is 73.5 Å². The molecule has 2 fully saturated rings. The monoisotopic (exact) mass is 445 g/mol. The van der Waals surface area contributed by atoms with Crippen molar-refractivity contribution in [2.24, 2.45) is 22.9 Å². The van der Waals surface area contributed by atoms with E-state index in [0.717, 1.165) is 58.1 Å². The predicted octanol–water partition coefficient (Wildman–Crippen LogP) is 2.70. The molecule has 0 aliphatic carbocycles. The number of likely N-dealkylation sites (tertiary alicyclic amines) is 1. The number of hydrazone groups is 1. The van der Waals surface area contributed by atoms with Crippen LogP contribution in [0.15, 0.2) is 29.1 Å². The number of rotatable bonds is 6. The number of amidine groups is 1. The minimum absolute atomic E-state index is 0.0640. The smallest absolute Gasteiger partial charge is 0.276 e. The Kier molecular flexibility index (Phi) is 6.99. The van der Waals surface area contributed by atoms with E-state index in [9.17, 15) is 4.79 Å². The summed E-state index contributed by atoms with van der Waals surface area (Å²) >= 11 is 1.86. The van der Waals surface area contributed by atoms with Crippen LogP contribution >= 0.6 is 11.3 Å². The van der Waals surface area contributed by atoms with E-state index in [2.05, 4.69) is 41.1 Å². The molecule has 2 saturated heterocycles. The van der Waals surface area contributed by atoms with Gasteiger partial charge in [0.2, 0.25) is 0 Å². The molecule has 31 heavy (non-hydrogen) atoms. The maximum atomic E-state index is 12.9. The number of ether oxygens (including phenoxy) is 1. The van der Waals surface area contributed by atoms with Gasteiger partial charge in [-0.05, 0) is 43.7 Å². The second kappa shape index (κ2) is 9.71. The van der Waals surface area contributed by atoms with Crippen LogP contribution in [0.3, 0.4) is 0 Å². The van der Waals surface area contributed by atoms with Crippen molar-refractivity contribution in [3.63, 3.8) is 0 Å². The van der Waals surface area contributed by atoms with Gasteiger partial charge in [-0.3, -0.25) is 14.7 Å². The van der Waals surface area contributed by atoms with Gasteiger partial charge in [0.1, 0.15) is 11.5 Å². The van der Waals surface area contributed by atoms with Crippen molar-refractivity contribution in [2.45, 2.75) is 33.2 Å². The van der Waals surface area contributed by atoms with Crippen LogP contribution in [0, 0.1) is 24.7 Å². The average molecular weight is 446 g/mol. The Morgan fingerprint density at radius 2 is 2.10 bits per heavy atom. The van der Waals surface area contributed by atoms with Crippen LogP contribution < -0.4 is 5.32 Å². The van der Waals surface area contributed by atoms with Gasteiger partial charge in [0.15, 0.2) is 0 Å². The molecule has 7 nitrogen and oxygen atoms in total. The molecule has 4 rings (SSSR count). The summed E-state index contributed by atoms with van der Waals surface area (Å²) in [5, 5.41) is 9.61. The van der Waals surface area contributed by atoms with Gasteiger partial charge in [0, 0.05) is 75.4 Å². The van der Waals surface area contributed by atoms with Crippen LogP contribution in [0.5, 0.6) is 0 Å². The first kappa shape index (κ1) is 22.3. The Morgan fingerprint density at radius 1 is 1.32 bits per heavy atom. The van der Waals surface area contributed by atoms with Crippen molar-refractivity contribution in [3.8, 4) is 0 Å². The molecule has 1 aromatic rings. The molecule has 0 saturated carbocycles. The SMILES string of the molecule is Cc1ccc(CN2CC(C)C(C3=NN(C)/C(=C\N(C)CC4CCOCC4)C(=O)N3)C2)s1. The fraction of sp³-hybridized carbons (Fsp3) is 0.652. The molecule has 1 amide bonds. The summed E-state index contributed by atoms with van der Waals surface area (Å²) in [7, 11) is 3.91. The van der Waals surface area contributed by atoms with E-state index >= 15 is 0 Å². The van der Waals surface area contributed by atoms with E-state index in [1.807, 2.05) is 31.6 Å². The molecule has 1 aromatic heterocycles. The molecule has 8 heteroatoms. The van der Waals surface area contributed by atoms with Crippen LogP contribution in [0.2, 0.25) is 0 Å². The second-order valence-corrected chi connectivity index (χ2v) is 10.6. The highest BCUT2D eigenvalue weighted by Crippen LogP contribution is 2.28. The summed E-state index contributed by atoms with van der Waals surface area (Å²) in [6, 6.07) is 4.41. The quantitative estimate of drug-likeness (QED) is 0.683. The molecule has 0 aromatic carbocycles. The molecule has 2 unspecified atom stereocenters. The maximum Gasteiger partial charge on any atom is 0.276 e. The van der Waals surface area contributed by atoms with Crippen molar-refractivity contribution in [1.29, 1.82) is 0 Å². The van der Waals surface area contributed by atoms with Gasteiger partial charge in [-0.1, -0.05) is 6.92 Å². The first-order valence-electron chi connectivity index (χ1n) is 11.3. The fourth-order valence-electron chi connectivity index (χ4n) is 4.82. The van der Waals surface area contributed by atoms with Crippen LogP contribution in [0.4, 0.5) is 0 Å². The van der Waals surface area contributed by atoms with Gasteiger partial charge in [-0.2, -0.15) is 5.10 Å². The number of thiophene rings is 1. The average Bonchev–Trinajstić information content (AvgIpc) is 3.30. The van der Waals surface area contributed by atoms with Crippen molar-refractivity contribution in [3.05, 3.63) is 33.8 Å². The van der Waals surface area contributed by atoms with E-state index in [-0.39, 0.29) is 11.8 Å². The summed E-state index contributed by atoms with van der Waals surface area (Å²) in [6.45, 7) is 9.94. The number of carbonyl (C=O) groups is 1. The molecule has 0 bridgehead atoms.